The molecule has 0 saturated carbocycles. The van der Waals surface area contributed by atoms with Crippen LogP contribution in [0.1, 0.15) is 24.9 Å². The molecule has 0 spiro atoms. The van der Waals surface area contributed by atoms with Crippen molar-refractivity contribution in [3.05, 3.63) is 21.3 Å². The van der Waals surface area contributed by atoms with Crippen molar-refractivity contribution in [2.75, 3.05) is 6.54 Å². The van der Waals surface area contributed by atoms with Crippen molar-refractivity contribution in [3.8, 4) is 6.07 Å². The van der Waals surface area contributed by atoms with E-state index in [1.54, 1.807) is 0 Å². The van der Waals surface area contributed by atoms with Crippen molar-refractivity contribution < 1.29 is 0 Å². The van der Waals surface area contributed by atoms with Crippen LogP contribution in [0.25, 0.3) is 0 Å². The van der Waals surface area contributed by atoms with Gasteiger partial charge in [-0.2, -0.15) is 5.26 Å². The molecule has 1 unspecified atom stereocenters. The fourth-order valence-electron chi connectivity index (χ4n) is 1.01. The van der Waals surface area contributed by atoms with Gasteiger partial charge in [-0.15, -0.1) is 11.3 Å². The first kappa shape index (κ1) is 10.5. The maximum Gasteiger partial charge on any atom is 0.0931 e. The van der Waals surface area contributed by atoms with Crippen molar-refractivity contribution in [2.45, 2.75) is 19.4 Å². The monoisotopic (exact) mass is 214 g/mol. The van der Waals surface area contributed by atoms with Crippen molar-refractivity contribution in [2.24, 2.45) is 0 Å². The highest BCUT2D eigenvalue weighted by Gasteiger charge is 2.05. The summed E-state index contributed by atoms with van der Waals surface area (Å²) in [6, 6.07) is 4.32. The summed E-state index contributed by atoms with van der Waals surface area (Å²) in [7, 11) is 0. The topological polar surface area (TPSA) is 35.8 Å². The lowest BCUT2D eigenvalue weighted by molar-refractivity contribution is 0.584. The molecule has 0 amide bonds. The minimum absolute atomic E-state index is 0.275. The number of nitrogens with one attached hydrogen (secondary N) is 1. The number of thiophene rings is 1. The molecule has 0 saturated heterocycles. The second-order valence-electron chi connectivity index (χ2n) is 2.77. The first-order valence-corrected chi connectivity index (χ1v) is 5.34. The Hall–Kier alpha value is -0.560. The molecular formula is C9H11ClN2S. The largest absolute Gasteiger partial charge is 0.309 e. The molecule has 0 aliphatic rings. The summed E-state index contributed by atoms with van der Waals surface area (Å²) < 4.78 is 0.809. The summed E-state index contributed by atoms with van der Waals surface area (Å²) in [5.74, 6) is 0. The number of hydrogen-bond acceptors (Lipinski definition) is 3. The smallest absolute Gasteiger partial charge is 0.0931 e. The number of halogens is 1. The molecule has 0 aromatic carbocycles. The Bertz CT molecular complexity index is 303. The van der Waals surface area contributed by atoms with Crippen LogP contribution in [0.5, 0.6) is 0 Å². The minimum atomic E-state index is 0.275. The molecule has 0 fully saturated rings. The van der Waals surface area contributed by atoms with E-state index < -0.39 is 0 Å². The third-order valence-corrected chi connectivity index (χ3v) is 2.88. The average molecular weight is 215 g/mol. The van der Waals surface area contributed by atoms with Crippen LogP contribution in [0.15, 0.2) is 11.4 Å². The zero-order valence-electron chi connectivity index (χ0n) is 7.38. The molecule has 1 aromatic rings. The van der Waals surface area contributed by atoms with Crippen LogP contribution in [-0.4, -0.2) is 6.54 Å². The summed E-state index contributed by atoms with van der Waals surface area (Å²) in [4.78, 5) is 0. The normalized spacial score (nSPS) is 12.4. The lowest BCUT2D eigenvalue weighted by atomic mass is 10.2. The highest BCUT2D eigenvalue weighted by molar-refractivity contribution is 7.14. The third kappa shape index (κ3) is 3.35. The van der Waals surface area contributed by atoms with Crippen LogP contribution in [-0.2, 0) is 0 Å². The molecule has 70 valence electrons. The van der Waals surface area contributed by atoms with Gasteiger partial charge in [0.25, 0.3) is 0 Å². The summed E-state index contributed by atoms with van der Waals surface area (Å²) in [6.45, 7) is 2.79. The van der Waals surface area contributed by atoms with E-state index >= 15 is 0 Å². The van der Waals surface area contributed by atoms with Crippen molar-refractivity contribution in [1.29, 1.82) is 5.26 Å². The predicted octanol–water partition coefficient (Wildman–Crippen LogP) is 2.97. The van der Waals surface area contributed by atoms with Crippen LogP contribution in [0, 0.1) is 11.3 Å². The van der Waals surface area contributed by atoms with E-state index in [4.69, 9.17) is 16.9 Å². The maximum atomic E-state index is 8.34. The second-order valence-corrected chi connectivity index (χ2v) is 4.31. The molecule has 4 heteroatoms. The van der Waals surface area contributed by atoms with Crippen LogP contribution in [0.3, 0.4) is 0 Å². The summed E-state index contributed by atoms with van der Waals surface area (Å²) in [5.41, 5.74) is 1.19. The number of nitriles is 1. The molecule has 2 nitrogen and oxygen atoms in total. The van der Waals surface area contributed by atoms with Gasteiger partial charge < -0.3 is 5.32 Å². The van der Waals surface area contributed by atoms with Gasteiger partial charge in [0.15, 0.2) is 0 Å². The van der Waals surface area contributed by atoms with E-state index in [-0.39, 0.29) is 6.04 Å². The highest BCUT2D eigenvalue weighted by Crippen LogP contribution is 2.24. The third-order valence-electron chi connectivity index (χ3n) is 1.78. The molecule has 1 rings (SSSR count). The van der Waals surface area contributed by atoms with E-state index in [2.05, 4.69) is 18.3 Å². The summed E-state index contributed by atoms with van der Waals surface area (Å²) in [6.07, 6.45) is 0.544. The Morgan fingerprint density at radius 2 is 2.54 bits per heavy atom. The molecular weight excluding hydrogens is 204 g/mol. The molecule has 1 aromatic heterocycles. The Labute approximate surface area is 87.1 Å². The van der Waals surface area contributed by atoms with Crippen LogP contribution in [0.2, 0.25) is 4.34 Å². The molecule has 0 aliphatic heterocycles. The molecule has 0 radical (unpaired) electrons. The van der Waals surface area contributed by atoms with Crippen LogP contribution in [0.4, 0.5) is 0 Å². The average Bonchev–Trinajstić information content (AvgIpc) is 2.52. The lowest BCUT2D eigenvalue weighted by Gasteiger charge is -2.09. The van der Waals surface area contributed by atoms with E-state index in [1.165, 1.54) is 16.9 Å². The van der Waals surface area contributed by atoms with Crippen molar-refractivity contribution >= 4 is 22.9 Å². The van der Waals surface area contributed by atoms with Crippen molar-refractivity contribution in [3.63, 3.8) is 0 Å². The van der Waals surface area contributed by atoms with Gasteiger partial charge in [-0.05, 0) is 23.9 Å². The van der Waals surface area contributed by atoms with Gasteiger partial charge in [-0.1, -0.05) is 11.6 Å². The fraction of sp³-hybridized carbons (Fsp3) is 0.444. The van der Waals surface area contributed by atoms with Gasteiger partial charge in [0, 0.05) is 19.0 Å². The summed E-state index contributed by atoms with van der Waals surface area (Å²) >= 11 is 7.34. The number of hydrogen-bond donors (Lipinski definition) is 1. The quantitative estimate of drug-likeness (QED) is 0.783. The predicted molar refractivity (Wildman–Crippen MR) is 56.0 cm³/mol. The van der Waals surface area contributed by atoms with Gasteiger partial charge in [0.2, 0.25) is 0 Å². The van der Waals surface area contributed by atoms with Gasteiger partial charge in [0.1, 0.15) is 0 Å². The fourth-order valence-corrected chi connectivity index (χ4v) is 2.00. The zero-order valence-corrected chi connectivity index (χ0v) is 8.95. The minimum Gasteiger partial charge on any atom is -0.309 e. The molecule has 13 heavy (non-hydrogen) atoms. The zero-order chi connectivity index (χ0) is 9.68. The lowest BCUT2D eigenvalue weighted by Crippen LogP contribution is -2.18. The number of nitrogens with zero attached hydrogens (tertiary/aromatic N) is 1. The molecule has 1 heterocycles. The summed E-state index contributed by atoms with van der Waals surface area (Å²) in [5, 5.41) is 13.6. The molecule has 1 N–H and O–H groups in total. The highest BCUT2D eigenvalue weighted by atomic mass is 35.5. The number of rotatable bonds is 4. The van der Waals surface area contributed by atoms with Gasteiger partial charge in [-0.3, -0.25) is 0 Å². The Kier molecular flexibility index (Phi) is 4.23. The van der Waals surface area contributed by atoms with E-state index in [0.717, 1.165) is 10.9 Å². The maximum absolute atomic E-state index is 8.34. The van der Waals surface area contributed by atoms with E-state index in [1.807, 2.05) is 11.4 Å². The van der Waals surface area contributed by atoms with E-state index in [0.29, 0.717) is 6.42 Å². The standard InChI is InChI=1S/C9H11ClN2S/c1-7(12-4-2-3-11)8-5-9(10)13-6-8/h5-7,12H,2,4H2,1H3. The van der Waals surface area contributed by atoms with E-state index in [9.17, 15) is 0 Å². The SMILES string of the molecule is CC(NCCC#N)c1csc(Cl)c1. The van der Waals surface area contributed by atoms with Gasteiger partial charge in [0.05, 0.1) is 10.4 Å². The molecule has 1 atom stereocenters. The van der Waals surface area contributed by atoms with Crippen molar-refractivity contribution in [1.82, 2.24) is 5.32 Å². The Morgan fingerprint density at radius 3 is 3.08 bits per heavy atom. The van der Waals surface area contributed by atoms with Crippen LogP contribution < -0.4 is 5.32 Å². The first-order chi connectivity index (χ1) is 6.24. The molecule has 0 bridgehead atoms. The Balaban J connectivity index is 2.40. The second kappa shape index (κ2) is 5.23. The molecule has 0 aliphatic carbocycles. The van der Waals surface area contributed by atoms with Gasteiger partial charge >= 0.3 is 0 Å². The Morgan fingerprint density at radius 1 is 1.77 bits per heavy atom. The first-order valence-electron chi connectivity index (χ1n) is 4.08. The van der Waals surface area contributed by atoms with Crippen LogP contribution >= 0.6 is 22.9 Å². The van der Waals surface area contributed by atoms with Gasteiger partial charge in [-0.25, -0.2) is 0 Å².